The van der Waals surface area contributed by atoms with Gasteiger partial charge in [0.1, 0.15) is 17.3 Å². The Morgan fingerprint density at radius 2 is 1.50 bits per heavy atom. The van der Waals surface area contributed by atoms with Crippen molar-refractivity contribution in [3.05, 3.63) is 16.3 Å². The van der Waals surface area contributed by atoms with Crippen molar-refractivity contribution in [3.63, 3.8) is 0 Å². The lowest BCUT2D eigenvalue weighted by Gasteiger charge is -2.22. The Bertz CT molecular complexity index is 855. The average Bonchev–Trinajstić information content (AvgIpc) is 2.44. The number of alkyl halides is 3. The number of phenolic OH excluding ortho intramolecular Hbond substituents is 2. The summed E-state index contributed by atoms with van der Waals surface area (Å²) in [6.45, 7) is 0. The van der Waals surface area contributed by atoms with E-state index in [4.69, 9.17) is 0 Å². The Hall–Kier alpha value is -1.38. The van der Waals surface area contributed by atoms with Crippen molar-refractivity contribution in [3.8, 4) is 17.2 Å². The van der Waals surface area contributed by atoms with Crippen LogP contribution < -0.4 is 4.18 Å². The zero-order valence-corrected chi connectivity index (χ0v) is 15.4. The minimum atomic E-state index is -6.33. The predicted molar refractivity (Wildman–Crippen MR) is 86.9 cm³/mol. The van der Waals surface area contributed by atoms with E-state index in [0.717, 1.165) is 42.9 Å². The first kappa shape index (κ1) is 20.9. The quantitative estimate of drug-likeness (QED) is 0.674. The van der Waals surface area contributed by atoms with E-state index >= 15 is 0 Å². The van der Waals surface area contributed by atoms with Crippen LogP contribution in [0.4, 0.5) is 13.2 Å². The maximum absolute atomic E-state index is 12.2. The highest BCUT2D eigenvalue weighted by atomic mass is 32.3. The van der Waals surface area contributed by atoms with Gasteiger partial charge >= 0.3 is 5.51 Å². The molecule has 1 heterocycles. The van der Waals surface area contributed by atoms with Crippen LogP contribution in [0.2, 0.25) is 0 Å². The molecule has 0 atom stereocenters. The molecule has 14 heteroatoms. The summed E-state index contributed by atoms with van der Waals surface area (Å²) in [5.74, 6) is -0.332. The third-order valence-electron chi connectivity index (χ3n) is 3.28. The van der Waals surface area contributed by atoms with Gasteiger partial charge in [0.25, 0.3) is 0 Å². The molecule has 26 heavy (non-hydrogen) atoms. The van der Waals surface area contributed by atoms with E-state index in [-0.39, 0.29) is 4.90 Å². The molecule has 1 aliphatic heterocycles. The number of hydrogen-bond acceptors (Lipinski definition) is 7. The van der Waals surface area contributed by atoms with Crippen molar-refractivity contribution in [2.75, 3.05) is 11.5 Å². The third-order valence-corrected chi connectivity index (χ3v) is 8.34. The molecule has 1 fully saturated rings. The van der Waals surface area contributed by atoms with E-state index in [1.807, 2.05) is 0 Å². The Balaban J connectivity index is 2.25. The number of halogens is 3. The topological polar surface area (TPSA) is 132 Å². The van der Waals surface area contributed by atoms with Crippen LogP contribution in [0.5, 0.6) is 17.2 Å². The summed E-state index contributed by atoms with van der Waals surface area (Å²) in [6, 6.07) is 1.54. The highest BCUT2D eigenvalue weighted by Crippen LogP contribution is 2.40. The molecule has 1 aromatic rings. The van der Waals surface area contributed by atoms with E-state index in [9.17, 15) is 40.2 Å². The van der Waals surface area contributed by atoms with Gasteiger partial charge in [-0.25, -0.2) is 16.8 Å². The van der Waals surface area contributed by atoms with Gasteiger partial charge < -0.3 is 18.5 Å². The molecule has 1 saturated heterocycles. The van der Waals surface area contributed by atoms with Gasteiger partial charge in [-0.2, -0.15) is 13.2 Å². The van der Waals surface area contributed by atoms with Crippen molar-refractivity contribution in [1.29, 1.82) is 0 Å². The molecule has 0 spiro atoms. The minimum Gasteiger partial charge on any atom is -0.503 e. The lowest BCUT2D eigenvalue weighted by molar-refractivity contribution is -0.0425. The van der Waals surface area contributed by atoms with Crippen LogP contribution in [0.25, 0.3) is 4.13 Å². The van der Waals surface area contributed by atoms with Crippen LogP contribution in [-0.2, 0) is 31.2 Å². The summed E-state index contributed by atoms with van der Waals surface area (Å²) in [5, 5.41) is 20.1. The largest absolute Gasteiger partial charge is 0.503 e. The maximum Gasteiger partial charge on any atom is 0.480 e. The molecule has 2 N–H and O–H groups in total. The van der Waals surface area contributed by atoms with E-state index in [2.05, 4.69) is 4.18 Å². The predicted octanol–water partition coefficient (Wildman–Crippen LogP) is 2.11. The Labute approximate surface area is 150 Å². The zero-order chi connectivity index (χ0) is 19.8. The first-order chi connectivity index (χ1) is 11.8. The fraction of sp³-hybridized carbons (Fsp3) is 0.500. The van der Waals surface area contributed by atoms with Crippen LogP contribution in [-0.4, -0.2) is 44.1 Å². The number of phenols is 2. The van der Waals surface area contributed by atoms with Gasteiger partial charge in [0.2, 0.25) is 15.2 Å². The fourth-order valence-corrected chi connectivity index (χ4v) is 6.44. The summed E-state index contributed by atoms with van der Waals surface area (Å²) in [5.41, 5.74) is -5.92. The van der Waals surface area contributed by atoms with E-state index < -0.39 is 54.0 Å². The SMILES string of the molecule is O=S(=O)([N-]S(=O)(=O)C(F)(F)F)Oc1cc(O)c([S+]2CCCCC2)c(O)c1. The van der Waals surface area contributed by atoms with Gasteiger partial charge in [0, 0.05) is 23.0 Å². The van der Waals surface area contributed by atoms with Crippen molar-refractivity contribution in [2.45, 2.75) is 29.7 Å². The van der Waals surface area contributed by atoms with Crippen LogP contribution in [0.3, 0.4) is 0 Å². The molecule has 2 rings (SSSR count). The number of sulfonamides is 1. The minimum absolute atomic E-state index is 0.203. The van der Waals surface area contributed by atoms with Crippen LogP contribution in [0.1, 0.15) is 19.3 Å². The molecule has 148 valence electrons. The van der Waals surface area contributed by atoms with Gasteiger partial charge in [0.15, 0.2) is 21.5 Å². The normalized spacial score (nSPS) is 17.2. The molecular formula is C12H14F3NO7S3. The molecule has 0 saturated carbocycles. The van der Waals surface area contributed by atoms with Gasteiger partial charge in [-0.05, 0) is 19.3 Å². The summed E-state index contributed by atoms with van der Waals surface area (Å²) >= 11 is 0. The molecule has 1 aliphatic rings. The molecule has 0 radical (unpaired) electrons. The van der Waals surface area contributed by atoms with E-state index in [1.54, 1.807) is 4.13 Å². The first-order valence-electron chi connectivity index (χ1n) is 7.06. The number of nitrogens with zero attached hydrogens (tertiary/aromatic N) is 1. The molecule has 1 aromatic carbocycles. The van der Waals surface area contributed by atoms with Crippen molar-refractivity contribution in [1.82, 2.24) is 0 Å². The van der Waals surface area contributed by atoms with E-state index in [1.165, 1.54) is 0 Å². The van der Waals surface area contributed by atoms with Crippen molar-refractivity contribution in [2.24, 2.45) is 0 Å². The highest BCUT2D eigenvalue weighted by molar-refractivity contribution is 8.10. The van der Waals surface area contributed by atoms with Crippen LogP contribution >= 0.6 is 0 Å². The number of rotatable bonds is 5. The smallest absolute Gasteiger partial charge is 0.480 e. The first-order valence-corrected chi connectivity index (χ1v) is 11.4. The summed E-state index contributed by atoms with van der Waals surface area (Å²) in [6.07, 6.45) is 2.80. The highest BCUT2D eigenvalue weighted by Gasteiger charge is 2.41. The molecule has 0 amide bonds. The lowest BCUT2D eigenvalue weighted by Crippen LogP contribution is -2.25. The maximum atomic E-state index is 12.2. The fourth-order valence-electron chi connectivity index (χ4n) is 2.25. The Morgan fingerprint density at radius 3 is 1.96 bits per heavy atom. The van der Waals surface area contributed by atoms with Crippen LogP contribution in [0, 0.1) is 0 Å². The summed E-state index contributed by atoms with van der Waals surface area (Å²) in [7, 11) is -12.3. The second-order valence-corrected chi connectivity index (χ2v) is 10.5. The molecule has 8 nitrogen and oxygen atoms in total. The van der Waals surface area contributed by atoms with Gasteiger partial charge in [-0.15, -0.1) is 0 Å². The van der Waals surface area contributed by atoms with Gasteiger partial charge in [-0.3, -0.25) is 0 Å². The Kier molecular flexibility index (Phi) is 5.90. The monoisotopic (exact) mass is 437 g/mol. The summed E-state index contributed by atoms with van der Waals surface area (Å²) < 4.78 is 87.0. The summed E-state index contributed by atoms with van der Waals surface area (Å²) in [4.78, 5) is 0.203. The van der Waals surface area contributed by atoms with Crippen LogP contribution in [0.15, 0.2) is 17.0 Å². The lowest BCUT2D eigenvalue weighted by atomic mass is 10.3. The standard InChI is InChI=1S/C12H14F3NO7S3/c13-12(14,15)25(19,20)16-26(21,22)23-8-6-9(17)11(10(18)7-8)24-4-2-1-3-5-24/h6-7,17-18H,1-5H2. The van der Waals surface area contributed by atoms with Gasteiger partial charge in [0.05, 0.1) is 0 Å². The average molecular weight is 437 g/mol. The molecule has 0 aromatic heterocycles. The van der Waals surface area contributed by atoms with Crippen molar-refractivity contribution < 1.29 is 44.4 Å². The molecule has 0 bridgehead atoms. The molecule has 0 unspecified atom stereocenters. The third kappa shape index (κ3) is 4.86. The van der Waals surface area contributed by atoms with Crippen molar-refractivity contribution >= 4 is 31.2 Å². The zero-order valence-electron chi connectivity index (χ0n) is 12.9. The van der Waals surface area contributed by atoms with E-state index in [0.29, 0.717) is 0 Å². The molecule has 0 aliphatic carbocycles. The second-order valence-electron chi connectivity index (χ2n) is 5.26. The number of benzene rings is 1. The molecular weight excluding hydrogens is 423 g/mol. The number of hydrogen-bond donors (Lipinski definition) is 2. The Morgan fingerprint density at radius 1 is 1.00 bits per heavy atom. The van der Waals surface area contributed by atoms with Gasteiger partial charge in [-0.1, -0.05) is 0 Å². The second kappa shape index (κ2) is 7.32. The number of aromatic hydroxyl groups is 2.